The van der Waals surface area contributed by atoms with E-state index in [0.29, 0.717) is 0 Å². The summed E-state index contributed by atoms with van der Waals surface area (Å²) in [6, 6.07) is 0. The number of aliphatic hydroxyl groups excluding tert-OH is 6. The molecule has 9 nitrogen and oxygen atoms in total. The second kappa shape index (κ2) is 7.63. The zero-order valence-corrected chi connectivity index (χ0v) is 13.4. The average molecular weight is 379 g/mol. The summed E-state index contributed by atoms with van der Waals surface area (Å²) in [5, 5.41) is 56.6. The second-order valence-corrected chi connectivity index (χ2v) is 6.26. The van der Waals surface area contributed by atoms with Crippen molar-refractivity contribution in [3.8, 4) is 0 Å². The molecule has 6 N–H and O–H groups in total. The van der Waals surface area contributed by atoms with Gasteiger partial charge in [0.2, 0.25) is 5.79 Å². The number of aliphatic hydroxyl groups is 6. The molecule has 2 aliphatic heterocycles. The molecule has 0 saturated carbocycles. The molecule has 0 aromatic heterocycles. The van der Waals surface area contributed by atoms with Crippen LogP contribution in [0.15, 0.2) is 0 Å². The second-order valence-electron chi connectivity index (χ2n) is 5.49. The van der Waals surface area contributed by atoms with E-state index in [1.807, 2.05) is 0 Å². The van der Waals surface area contributed by atoms with Crippen molar-refractivity contribution >= 4 is 23.2 Å². The lowest BCUT2D eigenvalue weighted by Crippen LogP contribution is -2.60. The minimum Gasteiger partial charge on any atom is -0.394 e. The monoisotopic (exact) mass is 378 g/mol. The highest BCUT2D eigenvalue weighted by Gasteiger charge is 2.58. The van der Waals surface area contributed by atoms with Crippen molar-refractivity contribution in [3.63, 3.8) is 0 Å². The number of ether oxygens (including phenoxy) is 3. The van der Waals surface area contributed by atoms with E-state index >= 15 is 0 Å². The van der Waals surface area contributed by atoms with Crippen molar-refractivity contribution in [2.45, 2.75) is 54.1 Å². The van der Waals surface area contributed by atoms with E-state index in [2.05, 4.69) is 0 Å². The van der Waals surface area contributed by atoms with E-state index in [0.717, 1.165) is 0 Å². The Hall–Kier alpha value is 0.220. The Bertz CT molecular complexity index is 401. The number of hydrogen-bond acceptors (Lipinski definition) is 9. The summed E-state index contributed by atoms with van der Waals surface area (Å²) in [5.41, 5.74) is 0. The zero-order chi connectivity index (χ0) is 17.4. The maximum absolute atomic E-state index is 10.1. The van der Waals surface area contributed by atoms with E-state index < -0.39 is 73.2 Å². The van der Waals surface area contributed by atoms with Crippen LogP contribution in [-0.2, 0) is 14.2 Å². The topological polar surface area (TPSA) is 149 Å². The van der Waals surface area contributed by atoms with Crippen LogP contribution < -0.4 is 0 Å². The van der Waals surface area contributed by atoms with E-state index in [1.54, 1.807) is 0 Å². The van der Waals surface area contributed by atoms with E-state index in [4.69, 9.17) is 47.6 Å². The van der Waals surface area contributed by atoms with Crippen LogP contribution in [0.25, 0.3) is 0 Å². The van der Waals surface area contributed by atoms with Gasteiger partial charge in [-0.1, -0.05) is 0 Å². The molecule has 9 atom stereocenters. The third kappa shape index (κ3) is 3.46. The third-order valence-electron chi connectivity index (χ3n) is 3.99. The fraction of sp³-hybridized carbons (Fsp3) is 1.00. The summed E-state index contributed by atoms with van der Waals surface area (Å²) in [4.78, 5) is 0. The van der Waals surface area contributed by atoms with Crippen molar-refractivity contribution in [1.29, 1.82) is 0 Å². The van der Waals surface area contributed by atoms with Gasteiger partial charge < -0.3 is 44.8 Å². The Morgan fingerprint density at radius 1 is 0.957 bits per heavy atom. The van der Waals surface area contributed by atoms with E-state index in [-0.39, 0.29) is 0 Å². The number of alkyl halides is 2. The molecule has 23 heavy (non-hydrogen) atoms. The van der Waals surface area contributed by atoms with Crippen LogP contribution in [0.4, 0.5) is 0 Å². The summed E-state index contributed by atoms with van der Waals surface area (Å²) in [6.07, 6.45) is -9.68. The van der Waals surface area contributed by atoms with Gasteiger partial charge in [0.15, 0.2) is 6.29 Å². The molecule has 0 aromatic carbocycles. The quantitative estimate of drug-likeness (QED) is 0.277. The molecule has 0 radical (unpaired) electrons. The van der Waals surface area contributed by atoms with Gasteiger partial charge in [0.05, 0.1) is 19.1 Å². The molecule has 136 valence electrons. The Morgan fingerprint density at radius 3 is 2.04 bits per heavy atom. The fourth-order valence-electron chi connectivity index (χ4n) is 2.58. The van der Waals surface area contributed by atoms with Crippen molar-refractivity contribution < 1.29 is 44.8 Å². The van der Waals surface area contributed by atoms with E-state index in [1.165, 1.54) is 0 Å². The third-order valence-corrected chi connectivity index (χ3v) is 4.83. The average Bonchev–Trinajstić information content (AvgIpc) is 2.80. The first-order valence-corrected chi connectivity index (χ1v) is 7.93. The summed E-state index contributed by atoms with van der Waals surface area (Å²) in [5.74, 6) is -2.37. The van der Waals surface area contributed by atoms with E-state index in [9.17, 15) is 20.4 Å². The van der Waals surface area contributed by atoms with Gasteiger partial charge in [-0.2, -0.15) is 0 Å². The Morgan fingerprint density at radius 2 is 1.57 bits per heavy atom. The van der Waals surface area contributed by atoms with Gasteiger partial charge >= 0.3 is 0 Å². The summed E-state index contributed by atoms with van der Waals surface area (Å²) in [7, 11) is 0. The minimum atomic E-state index is -1.94. The molecule has 0 aliphatic carbocycles. The highest BCUT2D eigenvalue weighted by atomic mass is 35.5. The molecular formula is C12H20Cl2O9. The van der Waals surface area contributed by atoms with Gasteiger partial charge in [-0.15, -0.1) is 23.2 Å². The summed E-state index contributed by atoms with van der Waals surface area (Å²) >= 11 is 11.8. The number of hydrogen-bond donors (Lipinski definition) is 6. The number of halogens is 2. The lowest BCUT2D eigenvalue weighted by molar-refractivity contribution is -0.345. The normalized spacial score (nSPS) is 51.1. The lowest BCUT2D eigenvalue weighted by atomic mass is 10.0. The van der Waals surface area contributed by atoms with Gasteiger partial charge in [-0.25, -0.2) is 0 Å². The molecule has 2 heterocycles. The predicted octanol–water partition coefficient (Wildman–Crippen LogP) is -2.90. The van der Waals surface area contributed by atoms with Crippen LogP contribution in [0.2, 0.25) is 0 Å². The molecule has 2 rings (SSSR count). The first-order chi connectivity index (χ1) is 10.8. The molecule has 9 unspecified atom stereocenters. The first kappa shape index (κ1) is 19.5. The fourth-order valence-corrected chi connectivity index (χ4v) is 3.13. The lowest BCUT2D eigenvalue weighted by Gasteiger charge is -2.43. The SMILES string of the molecule is OCC1OC(OC2(CCl)OC(CO)C(O)C2O)C(Cl)C(O)C1O. The summed E-state index contributed by atoms with van der Waals surface area (Å²) < 4.78 is 16.0. The zero-order valence-electron chi connectivity index (χ0n) is 11.9. The number of rotatable bonds is 5. The van der Waals surface area contributed by atoms with Crippen LogP contribution in [0.3, 0.4) is 0 Å². The highest BCUT2D eigenvalue weighted by molar-refractivity contribution is 6.21. The molecule has 2 saturated heterocycles. The summed E-state index contributed by atoms with van der Waals surface area (Å²) in [6.45, 7) is -1.20. The molecule has 11 heteroatoms. The van der Waals surface area contributed by atoms with Gasteiger partial charge in [-0.05, 0) is 0 Å². The molecule has 0 amide bonds. The Balaban J connectivity index is 2.18. The molecule has 0 aromatic rings. The Kier molecular flexibility index (Phi) is 6.48. The largest absolute Gasteiger partial charge is 0.394 e. The molecule has 2 aliphatic rings. The molecular weight excluding hydrogens is 359 g/mol. The maximum Gasteiger partial charge on any atom is 0.214 e. The first-order valence-electron chi connectivity index (χ1n) is 6.96. The maximum atomic E-state index is 10.1. The van der Waals surface area contributed by atoms with Crippen LogP contribution in [0.5, 0.6) is 0 Å². The van der Waals surface area contributed by atoms with Crippen molar-refractivity contribution in [2.75, 3.05) is 19.1 Å². The van der Waals surface area contributed by atoms with Crippen LogP contribution >= 0.6 is 23.2 Å². The van der Waals surface area contributed by atoms with Crippen LogP contribution in [-0.4, -0.2) is 104 Å². The van der Waals surface area contributed by atoms with Crippen LogP contribution in [0, 0.1) is 0 Å². The predicted molar refractivity (Wildman–Crippen MR) is 75.9 cm³/mol. The molecule has 0 bridgehead atoms. The Labute approximate surface area is 141 Å². The van der Waals surface area contributed by atoms with Crippen LogP contribution in [0.1, 0.15) is 0 Å². The standard InChI is InChI=1S/C12H20Cl2O9/c13-3-12(10(20)8(18)5(2-16)22-12)23-11-6(14)9(19)7(17)4(1-15)21-11/h4-11,15-20H,1-3H2. The van der Waals surface area contributed by atoms with Crippen molar-refractivity contribution in [3.05, 3.63) is 0 Å². The highest BCUT2D eigenvalue weighted by Crippen LogP contribution is 2.37. The van der Waals surface area contributed by atoms with Gasteiger partial charge in [0.25, 0.3) is 0 Å². The molecule has 2 fully saturated rings. The smallest absolute Gasteiger partial charge is 0.214 e. The van der Waals surface area contributed by atoms with Crippen molar-refractivity contribution in [2.24, 2.45) is 0 Å². The van der Waals surface area contributed by atoms with Gasteiger partial charge in [0, 0.05) is 0 Å². The van der Waals surface area contributed by atoms with Gasteiger partial charge in [-0.3, -0.25) is 0 Å². The van der Waals surface area contributed by atoms with Gasteiger partial charge in [0.1, 0.15) is 42.0 Å². The molecule has 0 spiro atoms. The van der Waals surface area contributed by atoms with Crippen molar-refractivity contribution in [1.82, 2.24) is 0 Å². The minimum absolute atomic E-state index is 0.437.